The Kier molecular flexibility index (Phi) is 4.40. The first-order chi connectivity index (χ1) is 12.2. The number of piperidine rings is 1. The molecule has 3 aromatic rings. The number of H-pyrrole nitrogens is 1. The summed E-state index contributed by atoms with van der Waals surface area (Å²) in [5.41, 5.74) is 2.57. The molecule has 2 heterocycles. The first-order valence-electron chi connectivity index (χ1n) is 8.81. The van der Waals surface area contributed by atoms with E-state index >= 15 is 0 Å². The highest BCUT2D eigenvalue weighted by Gasteiger charge is 2.21. The van der Waals surface area contributed by atoms with Crippen molar-refractivity contribution in [2.45, 2.75) is 25.8 Å². The highest BCUT2D eigenvalue weighted by molar-refractivity contribution is 5.76. The molecule has 4 rings (SSSR count). The third-order valence-corrected chi connectivity index (χ3v) is 5.06. The van der Waals surface area contributed by atoms with E-state index in [1.54, 1.807) is 24.3 Å². The van der Waals surface area contributed by atoms with Crippen molar-refractivity contribution >= 4 is 11.0 Å². The van der Waals surface area contributed by atoms with Gasteiger partial charge >= 0.3 is 0 Å². The van der Waals surface area contributed by atoms with Crippen LogP contribution in [0.15, 0.2) is 42.5 Å². The molecule has 1 fully saturated rings. The van der Waals surface area contributed by atoms with Crippen LogP contribution in [-0.2, 0) is 13.0 Å². The van der Waals surface area contributed by atoms with E-state index in [1.807, 2.05) is 18.2 Å². The van der Waals surface area contributed by atoms with Crippen molar-refractivity contribution < 1.29 is 9.50 Å². The van der Waals surface area contributed by atoms with Crippen LogP contribution in [0.3, 0.4) is 0 Å². The smallest absolute Gasteiger partial charge is 0.126 e. The molecule has 0 unspecified atom stereocenters. The van der Waals surface area contributed by atoms with Gasteiger partial charge in [0.1, 0.15) is 17.4 Å². The summed E-state index contributed by atoms with van der Waals surface area (Å²) in [7, 11) is 0. The topological polar surface area (TPSA) is 52.1 Å². The van der Waals surface area contributed by atoms with E-state index in [0.717, 1.165) is 61.3 Å². The Labute approximate surface area is 146 Å². The molecule has 0 spiro atoms. The molecular formula is C20H22FN3O. The molecular weight excluding hydrogens is 317 g/mol. The van der Waals surface area contributed by atoms with Crippen molar-refractivity contribution in [2.75, 3.05) is 13.1 Å². The molecule has 0 amide bonds. The minimum Gasteiger partial charge on any atom is -0.508 e. The lowest BCUT2D eigenvalue weighted by molar-refractivity contribution is 0.173. The number of nitrogens with zero attached hydrogens (tertiary/aromatic N) is 2. The summed E-state index contributed by atoms with van der Waals surface area (Å²) in [5, 5.41) is 9.54. The number of aromatic hydroxyl groups is 1. The Morgan fingerprint density at radius 1 is 1.16 bits per heavy atom. The molecule has 1 aliphatic heterocycles. The first-order valence-corrected chi connectivity index (χ1v) is 8.81. The molecule has 1 aromatic heterocycles. The fourth-order valence-corrected chi connectivity index (χ4v) is 3.66. The summed E-state index contributed by atoms with van der Waals surface area (Å²) in [6, 6.07) is 12.3. The quantitative estimate of drug-likeness (QED) is 0.759. The zero-order valence-electron chi connectivity index (χ0n) is 14.1. The summed E-state index contributed by atoms with van der Waals surface area (Å²) in [6.07, 6.45) is 2.98. The van der Waals surface area contributed by atoms with Gasteiger partial charge in [-0.3, -0.25) is 4.90 Å². The minimum absolute atomic E-state index is 0.0875. The van der Waals surface area contributed by atoms with Gasteiger partial charge in [-0.05, 0) is 62.0 Å². The summed E-state index contributed by atoms with van der Waals surface area (Å²) >= 11 is 0. The van der Waals surface area contributed by atoms with Gasteiger partial charge in [-0.1, -0.05) is 18.2 Å². The zero-order valence-corrected chi connectivity index (χ0v) is 14.1. The third kappa shape index (κ3) is 3.66. The van der Waals surface area contributed by atoms with E-state index in [4.69, 9.17) is 0 Å². The van der Waals surface area contributed by atoms with E-state index in [2.05, 4.69) is 14.9 Å². The van der Waals surface area contributed by atoms with Crippen molar-refractivity contribution in [2.24, 2.45) is 5.92 Å². The predicted octanol–water partition coefficient (Wildman–Crippen LogP) is 3.86. The second-order valence-corrected chi connectivity index (χ2v) is 6.90. The SMILES string of the molecule is Oc1ccc2[nH]c(CN3CCC(Cc4ccccc4F)CC3)nc2c1. The van der Waals surface area contributed by atoms with Crippen molar-refractivity contribution in [3.05, 3.63) is 59.7 Å². The molecule has 5 heteroatoms. The molecule has 1 saturated heterocycles. The minimum atomic E-state index is -0.0875. The van der Waals surface area contributed by atoms with Crippen LogP contribution < -0.4 is 0 Å². The lowest BCUT2D eigenvalue weighted by Gasteiger charge is -2.31. The number of fused-ring (bicyclic) bond motifs is 1. The number of phenols is 1. The lowest BCUT2D eigenvalue weighted by Crippen LogP contribution is -2.34. The second kappa shape index (κ2) is 6.84. The number of rotatable bonds is 4. The van der Waals surface area contributed by atoms with Crippen LogP contribution in [0, 0.1) is 11.7 Å². The van der Waals surface area contributed by atoms with Crippen molar-refractivity contribution in [1.29, 1.82) is 0 Å². The molecule has 1 aliphatic rings. The first kappa shape index (κ1) is 16.1. The van der Waals surface area contributed by atoms with Crippen LogP contribution in [0.25, 0.3) is 11.0 Å². The normalized spacial score (nSPS) is 16.5. The maximum absolute atomic E-state index is 13.8. The summed E-state index contributed by atoms with van der Waals surface area (Å²) in [5.74, 6) is 1.61. The number of likely N-dealkylation sites (tertiary alicyclic amines) is 1. The third-order valence-electron chi connectivity index (χ3n) is 5.06. The van der Waals surface area contributed by atoms with Gasteiger partial charge in [0.05, 0.1) is 17.6 Å². The molecule has 0 saturated carbocycles. The molecule has 0 atom stereocenters. The predicted molar refractivity (Wildman–Crippen MR) is 95.9 cm³/mol. The number of imidazole rings is 1. The zero-order chi connectivity index (χ0) is 17.2. The summed E-state index contributed by atoms with van der Waals surface area (Å²) in [6.45, 7) is 2.78. The molecule has 0 bridgehead atoms. The van der Waals surface area contributed by atoms with E-state index in [0.29, 0.717) is 5.92 Å². The van der Waals surface area contributed by atoms with Crippen LogP contribution in [0.4, 0.5) is 4.39 Å². The van der Waals surface area contributed by atoms with Gasteiger partial charge in [0.25, 0.3) is 0 Å². The summed E-state index contributed by atoms with van der Waals surface area (Å²) < 4.78 is 13.8. The molecule has 0 aliphatic carbocycles. The van der Waals surface area contributed by atoms with Crippen molar-refractivity contribution in [3.63, 3.8) is 0 Å². The second-order valence-electron chi connectivity index (χ2n) is 6.90. The Balaban J connectivity index is 1.34. The van der Waals surface area contributed by atoms with Gasteiger partial charge < -0.3 is 10.1 Å². The van der Waals surface area contributed by atoms with Gasteiger partial charge in [0.15, 0.2) is 0 Å². The van der Waals surface area contributed by atoms with Gasteiger partial charge in [0, 0.05) is 6.07 Å². The fraction of sp³-hybridized carbons (Fsp3) is 0.350. The monoisotopic (exact) mass is 339 g/mol. The van der Waals surface area contributed by atoms with E-state index < -0.39 is 0 Å². The van der Waals surface area contributed by atoms with Gasteiger partial charge in [-0.2, -0.15) is 0 Å². The summed E-state index contributed by atoms with van der Waals surface area (Å²) in [4.78, 5) is 10.3. The lowest BCUT2D eigenvalue weighted by atomic mass is 9.90. The number of nitrogens with one attached hydrogen (secondary N) is 1. The Morgan fingerprint density at radius 3 is 2.76 bits per heavy atom. The van der Waals surface area contributed by atoms with E-state index in [9.17, 15) is 9.50 Å². The molecule has 4 nitrogen and oxygen atoms in total. The van der Waals surface area contributed by atoms with Crippen LogP contribution in [-0.4, -0.2) is 33.1 Å². The number of hydrogen-bond acceptors (Lipinski definition) is 3. The van der Waals surface area contributed by atoms with Gasteiger partial charge in [-0.25, -0.2) is 9.37 Å². The van der Waals surface area contributed by atoms with Gasteiger partial charge in [0.2, 0.25) is 0 Å². The Hall–Kier alpha value is -2.40. The Bertz CT molecular complexity index is 868. The number of hydrogen-bond donors (Lipinski definition) is 2. The molecule has 2 aromatic carbocycles. The number of benzene rings is 2. The number of halogens is 1. The maximum Gasteiger partial charge on any atom is 0.126 e. The maximum atomic E-state index is 13.8. The largest absolute Gasteiger partial charge is 0.508 e. The highest BCUT2D eigenvalue weighted by Crippen LogP contribution is 2.24. The molecule has 25 heavy (non-hydrogen) atoms. The Morgan fingerprint density at radius 2 is 1.96 bits per heavy atom. The van der Waals surface area contributed by atoms with Crippen molar-refractivity contribution in [1.82, 2.24) is 14.9 Å². The van der Waals surface area contributed by atoms with Crippen LogP contribution in [0.1, 0.15) is 24.2 Å². The van der Waals surface area contributed by atoms with Crippen LogP contribution >= 0.6 is 0 Å². The van der Waals surface area contributed by atoms with E-state index in [1.165, 1.54) is 0 Å². The van der Waals surface area contributed by atoms with Crippen LogP contribution in [0.5, 0.6) is 5.75 Å². The standard InChI is InChI=1S/C20H22FN3O/c21-17-4-2-1-3-15(17)11-14-7-9-24(10-8-14)13-20-22-18-6-5-16(25)12-19(18)23-20/h1-6,12,14,25H,7-11,13H2,(H,22,23). The van der Waals surface area contributed by atoms with Gasteiger partial charge in [-0.15, -0.1) is 0 Å². The molecule has 130 valence electrons. The fourth-order valence-electron chi connectivity index (χ4n) is 3.66. The van der Waals surface area contributed by atoms with E-state index in [-0.39, 0.29) is 11.6 Å². The highest BCUT2D eigenvalue weighted by atomic mass is 19.1. The number of aromatic nitrogens is 2. The molecule has 2 N–H and O–H groups in total. The average Bonchev–Trinajstić information content (AvgIpc) is 3.00. The average molecular weight is 339 g/mol. The van der Waals surface area contributed by atoms with Crippen LogP contribution in [0.2, 0.25) is 0 Å². The number of phenolic OH excluding ortho intramolecular Hbond substituents is 1. The number of aromatic amines is 1. The molecule has 0 radical (unpaired) electrons. The van der Waals surface area contributed by atoms with Crippen molar-refractivity contribution in [3.8, 4) is 5.75 Å².